The molecular formula is C19H30N2O2. The lowest BCUT2D eigenvalue weighted by Crippen LogP contribution is -2.33. The van der Waals surface area contributed by atoms with E-state index in [0.29, 0.717) is 18.5 Å². The van der Waals surface area contributed by atoms with Crippen LogP contribution in [0, 0.1) is 0 Å². The minimum Gasteiger partial charge on any atom is -0.395 e. The first-order valence-corrected chi connectivity index (χ1v) is 8.85. The zero-order valence-corrected chi connectivity index (χ0v) is 14.4. The van der Waals surface area contributed by atoms with Crippen molar-refractivity contribution in [3.05, 3.63) is 35.4 Å². The van der Waals surface area contributed by atoms with Gasteiger partial charge in [0.2, 0.25) is 0 Å². The van der Waals surface area contributed by atoms with Gasteiger partial charge in [0.05, 0.1) is 6.61 Å². The van der Waals surface area contributed by atoms with Gasteiger partial charge >= 0.3 is 0 Å². The van der Waals surface area contributed by atoms with Gasteiger partial charge in [0, 0.05) is 18.2 Å². The Balaban J connectivity index is 1.64. The summed E-state index contributed by atoms with van der Waals surface area (Å²) in [6.07, 6.45) is 4.33. The third kappa shape index (κ3) is 5.33. The Labute approximate surface area is 139 Å². The number of aliphatic hydroxyl groups excluding tert-OH is 1. The molecule has 0 saturated carbocycles. The van der Waals surface area contributed by atoms with E-state index in [1.165, 1.54) is 12.0 Å². The third-order valence-corrected chi connectivity index (χ3v) is 4.71. The van der Waals surface area contributed by atoms with Gasteiger partial charge in [0.25, 0.3) is 5.91 Å². The molecule has 0 radical (unpaired) electrons. The first kappa shape index (κ1) is 18.0. The molecule has 2 N–H and O–H groups in total. The molecule has 128 valence electrons. The number of hydrogen-bond acceptors (Lipinski definition) is 3. The maximum absolute atomic E-state index is 12.1. The van der Waals surface area contributed by atoms with Crippen molar-refractivity contribution >= 4 is 5.91 Å². The fourth-order valence-electron chi connectivity index (χ4n) is 3.16. The number of benzene rings is 1. The zero-order valence-electron chi connectivity index (χ0n) is 14.4. The summed E-state index contributed by atoms with van der Waals surface area (Å²) >= 11 is 0. The van der Waals surface area contributed by atoms with Crippen LogP contribution >= 0.6 is 0 Å². The van der Waals surface area contributed by atoms with E-state index in [4.69, 9.17) is 0 Å². The average Bonchev–Trinajstić information content (AvgIpc) is 3.02. The van der Waals surface area contributed by atoms with Crippen molar-refractivity contribution in [1.29, 1.82) is 0 Å². The number of likely N-dealkylation sites (tertiary alicyclic amines) is 1. The second-order valence-electron chi connectivity index (χ2n) is 6.75. The Morgan fingerprint density at radius 2 is 2.04 bits per heavy atom. The van der Waals surface area contributed by atoms with Crippen molar-refractivity contribution in [2.24, 2.45) is 0 Å². The van der Waals surface area contributed by atoms with Crippen LogP contribution in [0.25, 0.3) is 0 Å². The molecule has 23 heavy (non-hydrogen) atoms. The number of carbonyl (C=O) groups excluding carboxylic acids is 1. The number of rotatable bonds is 8. The van der Waals surface area contributed by atoms with Gasteiger partial charge in [-0.3, -0.25) is 9.69 Å². The van der Waals surface area contributed by atoms with Crippen molar-refractivity contribution in [2.45, 2.75) is 51.5 Å². The lowest BCUT2D eigenvalue weighted by Gasteiger charge is -2.22. The summed E-state index contributed by atoms with van der Waals surface area (Å²) in [6.45, 7) is 7.39. The van der Waals surface area contributed by atoms with Gasteiger partial charge in [0.15, 0.2) is 0 Å². The number of nitrogens with zero attached hydrogens (tertiary/aromatic N) is 1. The van der Waals surface area contributed by atoms with E-state index in [9.17, 15) is 9.90 Å². The van der Waals surface area contributed by atoms with Gasteiger partial charge in [-0.2, -0.15) is 0 Å². The number of hydrogen-bond donors (Lipinski definition) is 2. The van der Waals surface area contributed by atoms with Crippen molar-refractivity contribution in [2.75, 3.05) is 26.2 Å². The van der Waals surface area contributed by atoms with Gasteiger partial charge in [-0.1, -0.05) is 26.0 Å². The highest BCUT2D eigenvalue weighted by Gasteiger charge is 2.22. The summed E-state index contributed by atoms with van der Waals surface area (Å²) in [5.41, 5.74) is 1.99. The summed E-state index contributed by atoms with van der Waals surface area (Å²) in [7, 11) is 0. The lowest BCUT2D eigenvalue weighted by atomic mass is 10.0. The van der Waals surface area contributed by atoms with Crippen LogP contribution in [0.3, 0.4) is 0 Å². The highest BCUT2D eigenvalue weighted by Crippen LogP contribution is 2.17. The molecular weight excluding hydrogens is 288 g/mol. The number of unbranched alkanes of at least 4 members (excludes halogenated alkanes) is 1. The molecule has 0 spiro atoms. The van der Waals surface area contributed by atoms with E-state index in [-0.39, 0.29) is 12.5 Å². The largest absolute Gasteiger partial charge is 0.395 e. The van der Waals surface area contributed by atoms with Crippen LogP contribution in [0.2, 0.25) is 0 Å². The molecule has 2 rings (SSSR count). The van der Waals surface area contributed by atoms with Crippen molar-refractivity contribution in [3.8, 4) is 0 Å². The predicted octanol–water partition coefficient (Wildman–Crippen LogP) is 2.78. The normalized spacial score (nSPS) is 18.5. The van der Waals surface area contributed by atoms with Gasteiger partial charge in [-0.15, -0.1) is 0 Å². The quantitative estimate of drug-likeness (QED) is 0.725. The molecule has 1 heterocycles. The van der Waals surface area contributed by atoms with Gasteiger partial charge in [0.1, 0.15) is 0 Å². The van der Waals surface area contributed by atoms with E-state index < -0.39 is 0 Å². The summed E-state index contributed by atoms with van der Waals surface area (Å²) in [5.74, 6) is 0.496. The number of aliphatic hydroxyl groups is 1. The lowest BCUT2D eigenvalue weighted by molar-refractivity contribution is 0.0952. The van der Waals surface area contributed by atoms with Crippen LogP contribution in [-0.2, 0) is 0 Å². The monoisotopic (exact) mass is 318 g/mol. The SMILES string of the molecule is CC(C)c1ccc(C(=O)NCCCCN2CCCC2CO)cc1. The number of nitrogens with one attached hydrogen (secondary N) is 1. The van der Waals surface area contributed by atoms with Gasteiger partial charge in [-0.05, 0) is 62.4 Å². The highest BCUT2D eigenvalue weighted by molar-refractivity contribution is 5.94. The Bertz CT molecular complexity index is 485. The van der Waals surface area contributed by atoms with E-state index in [1.807, 2.05) is 24.3 Å². The van der Waals surface area contributed by atoms with Crippen LogP contribution in [0.1, 0.15) is 61.4 Å². The van der Waals surface area contributed by atoms with E-state index in [2.05, 4.69) is 24.1 Å². The Kier molecular flexibility index (Phi) is 7.06. The minimum atomic E-state index is 0.00899. The predicted molar refractivity (Wildman–Crippen MR) is 93.8 cm³/mol. The molecule has 1 amide bonds. The van der Waals surface area contributed by atoms with Crippen molar-refractivity contribution < 1.29 is 9.90 Å². The maximum atomic E-state index is 12.1. The zero-order chi connectivity index (χ0) is 16.7. The standard InChI is InChI=1S/C19H30N2O2/c1-15(2)16-7-9-17(10-8-16)19(23)20-11-3-4-12-21-13-5-6-18(21)14-22/h7-10,15,18,22H,3-6,11-14H2,1-2H3,(H,20,23). The van der Waals surface area contributed by atoms with Crippen molar-refractivity contribution in [1.82, 2.24) is 10.2 Å². The van der Waals surface area contributed by atoms with Gasteiger partial charge in [-0.25, -0.2) is 0 Å². The molecule has 1 atom stereocenters. The Morgan fingerprint density at radius 3 is 2.70 bits per heavy atom. The first-order valence-electron chi connectivity index (χ1n) is 8.85. The first-order chi connectivity index (χ1) is 11.1. The average molecular weight is 318 g/mol. The fraction of sp³-hybridized carbons (Fsp3) is 0.632. The number of amides is 1. The van der Waals surface area contributed by atoms with Crippen LogP contribution in [-0.4, -0.2) is 48.2 Å². The maximum Gasteiger partial charge on any atom is 0.251 e. The van der Waals surface area contributed by atoms with Crippen LogP contribution < -0.4 is 5.32 Å². The number of carbonyl (C=O) groups is 1. The summed E-state index contributed by atoms with van der Waals surface area (Å²) in [5, 5.41) is 12.3. The topological polar surface area (TPSA) is 52.6 Å². The summed E-state index contributed by atoms with van der Waals surface area (Å²) < 4.78 is 0. The highest BCUT2D eigenvalue weighted by atomic mass is 16.3. The summed E-state index contributed by atoms with van der Waals surface area (Å²) in [6, 6.07) is 8.22. The molecule has 1 unspecified atom stereocenters. The molecule has 0 aliphatic carbocycles. The third-order valence-electron chi connectivity index (χ3n) is 4.71. The molecule has 0 bridgehead atoms. The molecule has 1 aliphatic heterocycles. The molecule has 4 heteroatoms. The summed E-state index contributed by atoms with van der Waals surface area (Å²) in [4.78, 5) is 14.5. The molecule has 4 nitrogen and oxygen atoms in total. The molecule has 1 aliphatic rings. The van der Waals surface area contributed by atoms with Crippen LogP contribution in [0.15, 0.2) is 24.3 Å². The van der Waals surface area contributed by atoms with Crippen LogP contribution in [0.4, 0.5) is 0 Å². The molecule has 1 saturated heterocycles. The van der Waals surface area contributed by atoms with E-state index in [0.717, 1.165) is 37.9 Å². The van der Waals surface area contributed by atoms with Crippen LogP contribution in [0.5, 0.6) is 0 Å². The smallest absolute Gasteiger partial charge is 0.251 e. The van der Waals surface area contributed by atoms with Crippen molar-refractivity contribution in [3.63, 3.8) is 0 Å². The molecule has 1 aromatic rings. The second kappa shape index (κ2) is 9.04. The Morgan fingerprint density at radius 1 is 1.30 bits per heavy atom. The molecule has 0 aromatic heterocycles. The fourth-order valence-corrected chi connectivity index (χ4v) is 3.16. The van der Waals surface area contributed by atoms with E-state index >= 15 is 0 Å². The Hall–Kier alpha value is -1.39. The minimum absolute atomic E-state index is 0.00899. The second-order valence-corrected chi connectivity index (χ2v) is 6.75. The van der Waals surface area contributed by atoms with Gasteiger partial charge < -0.3 is 10.4 Å². The molecule has 1 aromatic carbocycles. The molecule has 1 fully saturated rings. The van der Waals surface area contributed by atoms with E-state index in [1.54, 1.807) is 0 Å².